The van der Waals surface area contributed by atoms with E-state index in [-0.39, 0.29) is 0 Å². The molecule has 2 heterocycles. The molecule has 1 aliphatic heterocycles. The molecule has 0 amide bonds. The maximum atomic E-state index is 11.2. The predicted molar refractivity (Wildman–Crippen MR) is 69.0 cm³/mol. The molecule has 4 N–H and O–H groups in total. The zero-order chi connectivity index (χ0) is 13.2. The number of piperazine rings is 1. The summed E-state index contributed by atoms with van der Waals surface area (Å²) in [4.78, 5) is 6.34. The van der Waals surface area contributed by atoms with Crippen LogP contribution < -0.4 is 15.8 Å². The average Bonchev–Trinajstić information content (AvgIpc) is 2.38. The zero-order valence-electron chi connectivity index (χ0n) is 9.99. The standard InChI is InChI=1S/C10H17N5O2S/c11-7-9-1-2-10(13-8-9)14-3-5-15(6-4-14)18(12,16)17/h1-2,8H,3-7,11H2,(H2,12,16,17). The van der Waals surface area contributed by atoms with Crippen LogP contribution in [0.2, 0.25) is 0 Å². The predicted octanol–water partition coefficient (Wildman–Crippen LogP) is -1.13. The Balaban J connectivity index is 2.01. The smallest absolute Gasteiger partial charge is 0.277 e. The molecule has 100 valence electrons. The van der Waals surface area contributed by atoms with Gasteiger partial charge in [0.2, 0.25) is 0 Å². The summed E-state index contributed by atoms with van der Waals surface area (Å²) in [7, 11) is -3.57. The monoisotopic (exact) mass is 271 g/mol. The van der Waals surface area contributed by atoms with E-state index in [1.165, 1.54) is 4.31 Å². The highest BCUT2D eigenvalue weighted by molar-refractivity contribution is 7.86. The van der Waals surface area contributed by atoms with Crippen molar-refractivity contribution in [3.05, 3.63) is 23.9 Å². The molecule has 18 heavy (non-hydrogen) atoms. The van der Waals surface area contributed by atoms with Gasteiger partial charge in [0.15, 0.2) is 0 Å². The lowest BCUT2D eigenvalue weighted by molar-refractivity contribution is 0.384. The first kappa shape index (κ1) is 13.2. The summed E-state index contributed by atoms with van der Waals surface area (Å²) in [6.45, 7) is 2.42. The van der Waals surface area contributed by atoms with Gasteiger partial charge in [-0.3, -0.25) is 0 Å². The van der Waals surface area contributed by atoms with Crippen molar-refractivity contribution in [3.63, 3.8) is 0 Å². The second kappa shape index (κ2) is 5.19. The first-order valence-corrected chi connectivity index (χ1v) is 7.19. The SMILES string of the molecule is NCc1ccc(N2CCN(S(N)(=O)=O)CC2)nc1. The van der Waals surface area contributed by atoms with E-state index in [1.807, 2.05) is 17.0 Å². The highest BCUT2D eigenvalue weighted by Crippen LogP contribution is 2.14. The summed E-state index contributed by atoms with van der Waals surface area (Å²) in [5.74, 6) is 0.835. The van der Waals surface area contributed by atoms with Crippen molar-refractivity contribution in [2.24, 2.45) is 10.9 Å². The van der Waals surface area contributed by atoms with Crippen molar-refractivity contribution in [3.8, 4) is 0 Å². The van der Waals surface area contributed by atoms with Crippen molar-refractivity contribution >= 4 is 16.0 Å². The number of pyridine rings is 1. The molecule has 0 aromatic carbocycles. The van der Waals surface area contributed by atoms with Gasteiger partial charge >= 0.3 is 0 Å². The van der Waals surface area contributed by atoms with Gasteiger partial charge in [-0.05, 0) is 11.6 Å². The van der Waals surface area contributed by atoms with Crippen LogP contribution >= 0.6 is 0 Å². The van der Waals surface area contributed by atoms with E-state index < -0.39 is 10.2 Å². The molecule has 0 spiro atoms. The van der Waals surface area contributed by atoms with Crippen LogP contribution in [0.25, 0.3) is 0 Å². The number of aromatic nitrogens is 1. The Labute approximate surface area is 107 Å². The molecule has 0 radical (unpaired) electrons. The third kappa shape index (κ3) is 2.96. The Bertz CT molecular complexity index is 494. The van der Waals surface area contributed by atoms with Gasteiger partial charge in [-0.25, -0.2) is 10.1 Å². The van der Waals surface area contributed by atoms with E-state index in [1.54, 1.807) is 6.20 Å². The molecular weight excluding hydrogens is 254 g/mol. The van der Waals surface area contributed by atoms with Crippen LogP contribution in [0.15, 0.2) is 18.3 Å². The van der Waals surface area contributed by atoms with Gasteiger partial charge in [0, 0.05) is 38.9 Å². The molecule has 1 saturated heterocycles. The largest absolute Gasteiger partial charge is 0.354 e. The fourth-order valence-electron chi connectivity index (χ4n) is 1.90. The minimum atomic E-state index is -3.57. The third-order valence-corrected chi connectivity index (χ3v) is 4.05. The molecule has 7 nitrogen and oxygen atoms in total. The summed E-state index contributed by atoms with van der Waals surface area (Å²) in [6.07, 6.45) is 1.74. The molecule has 0 atom stereocenters. The Morgan fingerprint density at radius 1 is 1.22 bits per heavy atom. The molecule has 1 aromatic rings. The van der Waals surface area contributed by atoms with Crippen LogP contribution in [0.5, 0.6) is 0 Å². The summed E-state index contributed by atoms with van der Waals surface area (Å²) < 4.78 is 23.6. The second-order valence-corrected chi connectivity index (χ2v) is 5.71. The van der Waals surface area contributed by atoms with E-state index in [4.69, 9.17) is 10.9 Å². The van der Waals surface area contributed by atoms with Gasteiger partial charge < -0.3 is 10.6 Å². The molecular formula is C10H17N5O2S. The van der Waals surface area contributed by atoms with Crippen LogP contribution in [0.1, 0.15) is 5.56 Å². The topological polar surface area (TPSA) is 106 Å². The van der Waals surface area contributed by atoms with Gasteiger partial charge in [0.25, 0.3) is 10.2 Å². The Kier molecular flexibility index (Phi) is 3.81. The van der Waals surface area contributed by atoms with Crippen LogP contribution in [0.3, 0.4) is 0 Å². The molecule has 1 aliphatic rings. The second-order valence-electron chi connectivity index (χ2n) is 4.16. The number of hydrogen-bond acceptors (Lipinski definition) is 5. The summed E-state index contributed by atoms with van der Waals surface area (Å²) in [6, 6.07) is 3.82. The Hall–Kier alpha value is -1.22. The average molecular weight is 271 g/mol. The molecule has 0 aliphatic carbocycles. The summed E-state index contributed by atoms with van der Waals surface area (Å²) in [5, 5.41) is 5.08. The molecule has 0 bridgehead atoms. The fourth-order valence-corrected chi connectivity index (χ4v) is 2.57. The van der Waals surface area contributed by atoms with Crippen LogP contribution in [-0.4, -0.2) is 43.9 Å². The molecule has 0 saturated carbocycles. The van der Waals surface area contributed by atoms with Crippen molar-refractivity contribution in [2.75, 3.05) is 31.1 Å². The Morgan fingerprint density at radius 3 is 2.33 bits per heavy atom. The molecule has 2 rings (SSSR count). The summed E-state index contributed by atoms with van der Waals surface area (Å²) >= 11 is 0. The Morgan fingerprint density at radius 2 is 1.89 bits per heavy atom. The molecule has 1 fully saturated rings. The summed E-state index contributed by atoms with van der Waals surface area (Å²) in [5.41, 5.74) is 6.48. The minimum Gasteiger partial charge on any atom is -0.354 e. The lowest BCUT2D eigenvalue weighted by atomic mass is 10.2. The van der Waals surface area contributed by atoms with Crippen LogP contribution in [0.4, 0.5) is 5.82 Å². The van der Waals surface area contributed by atoms with Gasteiger partial charge in [0.1, 0.15) is 5.82 Å². The quantitative estimate of drug-likeness (QED) is 0.723. The fraction of sp³-hybridized carbons (Fsp3) is 0.500. The lowest BCUT2D eigenvalue weighted by Crippen LogP contribution is -2.50. The van der Waals surface area contributed by atoms with E-state index >= 15 is 0 Å². The van der Waals surface area contributed by atoms with Crippen LogP contribution in [0, 0.1) is 0 Å². The van der Waals surface area contributed by atoms with Crippen molar-refractivity contribution < 1.29 is 8.42 Å². The van der Waals surface area contributed by atoms with E-state index in [9.17, 15) is 8.42 Å². The molecule has 0 unspecified atom stereocenters. The van der Waals surface area contributed by atoms with Gasteiger partial charge in [-0.2, -0.15) is 12.7 Å². The molecule has 8 heteroatoms. The highest BCUT2D eigenvalue weighted by atomic mass is 32.2. The van der Waals surface area contributed by atoms with E-state index in [2.05, 4.69) is 4.98 Å². The van der Waals surface area contributed by atoms with Gasteiger partial charge in [-0.1, -0.05) is 6.07 Å². The number of hydrogen-bond donors (Lipinski definition) is 2. The number of nitrogens with zero attached hydrogens (tertiary/aromatic N) is 3. The van der Waals surface area contributed by atoms with Crippen LogP contribution in [-0.2, 0) is 16.8 Å². The number of rotatable bonds is 3. The first-order valence-electron chi connectivity index (χ1n) is 5.68. The van der Waals surface area contributed by atoms with E-state index in [0.717, 1.165) is 11.4 Å². The maximum absolute atomic E-state index is 11.2. The first-order chi connectivity index (χ1) is 8.50. The van der Waals surface area contributed by atoms with Gasteiger partial charge in [-0.15, -0.1) is 0 Å². The van der Waals surface area contributed by atoms with Crippen molar-refractivity contribution in [1.82, 2.24) is 9.29 Å². The maximum Gasteiger partial charge on any atom is 0.277 e. The highest BCUT2D eigenvalue weighted by Gasteiger charge is 2.24. The zero-order valence-corrected chi connectivity index (χ0v) is 10.8. The van der Waals surface area contributed by atoms with Gasteiger partial charge in [0.05, 0.1) is 0 Å². The number of nitrogens with two attached hydrogens (primary N) is 2. The minimum absolute atomic E-state index is 0.388. The third-order valence-electron chi connectivity index (χ3n) is 2.97. The van der Waals surface area contributed by atoms with Crippen molar-refractivity contribution in [1.29, 1.82) is 0 Å². The number of anilines is 1. The molecule has 1 aromatic heterocycles. The normalized spacial score (nSPS) is 18.0. The van der Waals surface area contributed by atoms with E-state index in [0.29, 0.717) is 32.7 Å². The van der Waals surface area contributed by atoms with Crippen molar-refractivity contribution in [2.45, 2.75) is 6.54 Å². The lowest BCUT2D eigenvalue weighted by Gasteiger charge is -2.33.